The van der Waals surface area contributed by atoms with Crippen LogP contribution in [0.2, 0.25) is 0 Å². The van der Waals surface area contributed by atoms with Crippen LogP contribution in [0.1, 0.15) is 5.56 Å². The summed E-state index contributed by atoms with van der Waals surface area (Å²) in [4.78, 5) is 0. The van der Waals surface area contributed by atoms with Gasteiger partial charge in [-0.25, -0.2) is 0 Å². The van der Waals surface area contributed by atoms with Gasteiger partial charge >= 0.3 is 0 Å². The van der Waals surface area contributed by atoms with Crippen molar-refractivity contribution in [2.45, 2.75) is 6.54 Å². The third kappa shape index (κ3) is 3.56. The molecule has 0 unspecified atom stereocenters. The van der Waals surface area contributed by atoms with E-state index in [1.165, 1.54) is 0 Å². The second kappa shape index (κ2) is 8.76. The van der Waals surface area contributed by atoms with Gasteiger partial charge in [-0.15, -0.1) is 0 Å². The van der Waals surface area contributed by atoms with Crippen molar-refractivity contribution in [2.75, 3.05) is 0 Å². The van der Waals surface area contributed by atoms with E-state index in [4.69, 9.17) is 10.2 Å². The lowest BCUT2D eigenvalue weighted by Gasteiger charge is -2.13. The molecule has 0 amide bonds. The number of phenols is 5. The summed E-state index contributed by atoms with van der Waals surface area (Å²) in [7, 11) is 0. The number of rotatable bonds is 4. The molecule has 7 N–H and O–H groups in total. The van der Waals surface area contributed by atoms with E-state index in [1.54, 1.807) is 24.3 Å². The van der Waals surface area contributed by atoms with Crippen LogP contribution in [0.25, 0.3) is 55.3 Å². The molecule has 0 bridgehead atoms. The van der Waals surface area contributed by atoms with Gasteiger partial charge in [0.1, 0.15) is 11.2 Å². The Hall–Kier alpha value is -5.14. The van der Waals surface area contributed by atoms with E-state index in [2.05, 4.69) is 12.1 Å². The molecule has 0 saturated carbocycles. The maximum atomic E-state index is 10.2. The Balaban J connectivity index is 1.37. The molecule has 0 radical (unpaired) electrons. The number of phenolic OH excluding ortho intramolecular Hbond substituents is 5. The lowest BCUT2D eigenvalue weighted by Crippen LogP contribution is -1.94. The number of nitrogens with two attached hydrogens (primary N) is 1. The summed E-state index contributed by atoms with van der Waals surface area (Å²) in [5.74, 6) is -4.26. The molecule has 6 rings (SSSR count). The SMILES string of the molecule is NCc1ccc2oc3cccc(-c4ccc(-c5ccc(-c6c(O)c(O)c(O)c(O)c6O)cc5)cc4)c3c2c1. The van der Waals surface area contributed by atoms with Gasteiger partial charge < -0.3 is 35.7 Å². The van der Waals surface area contributed by atoms with Crippen LogP contribution in [0.5, 0.6) is 28.7 Å². The zero-order chi connectivity index (χ0) is 26.6. The highest BCUT2D eigenvalue weighted by Crippen LogP contribution is 2.54. The van der Waals surface area contributed by atoms with Crippen molar-refractivity contribution >= 4 is 21.9 Å². The number of hydrogen-bond donors (Lipinski definition) is 6. The molecule has 188 valence electrons. The fourth-order valence-electron chi connectivity index (χ4n) is 4.87. The number of furan rings is 1. The first-order valence-corrected chi connectivity index (χ1v) is 11.9. The van der Waals surface area contributed by atoms with E-state index in [9.17, 15) is 25.5 Å². The zero-order valence-corrected chi connectivity index (χ0v) is 20.0. The molecule has 0 aliphatic rings. The summed E-state index contributed by atoms with van der Waals surface area (Å²) < 4.78 is 6.07. The van der Waals surface area contributed by atoms with Crippen LogP contribution in [0.4, 0.5) is 0 Å². The highest BCUT2D eigenvalue weighted by atomic mass is 16.4. The molecular weight excluding hydrogens is 482 g/mol. The van der Waals surface area contributed by atoms with Crippen molar-refractivity contribution in [1.29, 1.82) is 0 Å². The molecular formula is C31H23NO6. The maximum Gasteiger partial charge on any atom is 0.208 e. The minimum Gasteiger partial charge on any atom is -0.504 e. The van der Waals surface area contributed by atoms with Crippen molar-refractivity contribution < 1.29 is 29.9 Å². The minimum atomic E-state index is -0.987. The normalized spacial score (nSPS) is 11.4. The molecule has 0 aliphatic heterocycles. The van der Waals surface area contributed by atoms with Gasteiger partial charge in [0.25, 0.3) is 0 Å². The van der Waals surface area contributed by atoms with E-state index in [1.807, 2.05) is 48.5 Å². The van der Waals surface area contributed by atoms with Crippen LogP contribution in [-0.4, -0.2) is 25.5 Å². The quantitative estimate of drug-likeness (QED) is 0.118. The largest absolute Gasteiger partial charge is 0.504 e. The monoisotopic (exact) mass is 505 g/mol. The Morgan fingerprint density at radius 2 is 1.11 bits per heavy atom. The molecule has 0 saturated heterocycles. The highest BCUT2D eigenvalue weighted by molar-refractivity contribution is 6.12. The number of fused-ring (bicyclic) bond motifs is 3. The first-order chi connectivity index (χ1) is 18.4. The Morgan fingerprint density at radius 1 is 0.553 bits per heavy atom. The first kappa shape index (κ1) is 23.3. The van der Waals surface area contributed by atoms with Crippen molar-refractivity contribution in [2.24, 2.45) is 5.73 Å². The predicted octanol–water partition coefficient (Wildman–Crippen LogP) is 6.57. The Bertz CT molecular complexity index is 1810. The fourth-order valence-corrected chi connectivity index (χ4v) is 4.87. The second-order valence-corrected chi connectivity index (χ2v) is 9.09. The van der Waals surface area contributed by atoms with E-state index in [0.29, 0.717) is 12.1 Å². The maximum absolute atomic E-state index is 10.2. The van der Waals surface area contributed by atoms with Crippen molar-refractivity contribution in [3.8, 4) is 62.1 Å². The lowest BCUT2D eigenvalue weighted by molar-refractivity contribution is 0.330. The van der Waals surface area contributed by atoms with Crippen molar-refractivity contribution in [3.63, 3.8) is 0 Å². The molecule has 7 heteroatoms. The van der Waals surface area contributed by atoms with Crippen LogP contribution in [-0.2, 0) is 6.54 Å². The van der Waals surface area contributed by atoms with Crippen LogP contribution in [0, 0.1) is 0 Å². The van der Waals surface area contributed by atoms with Gasteiger partial charge in [0.05, 0.1) is 5.56 Å². The summed E-state index contributed by atoms with van der Waals surface area (Å²) in [6, 6.07) is 27.0. The van der Waals surface area contributed by atoms with Gasteiger partial charge in [0, 0.05) is 17.3 Å². The average Bonchev–Trinajstić information content (AvgIpc) is 3.34. The predicted molar refractivity (Wildman–Crippen MR) is 146 cm³/mol. The molecule has 1 heterocycles. The van der Waals surface area contributed by atoms with Gasteiger partial charge in [-0.2, -0.15) is 0 Å². The van der Waals surface area contributed by atoms with Crippen LogP contribution in [0.3, 0.4) is 0 Å². The van der Waals surface area contributed by atoms with Gasteiger partial charge in [-0.3, -0.25) is 0 Å². The number of hydrogen-bond acceptors (Lipinski definition) is 7. The molecule has 0 fully saturated rings. The van der Waals surface area contributed by atoms with Gasteiger partial charge in [0.2, 0.25) is 17.2 Å². The summed E-state index contributed by atoms with van der Waals surface area (Å²) in [5.41, 5.74) is 12.6. The molecule has 1 aromatic heterocycles. The minimum absolute atomic E-state index is 0.182. The lowest BCUT2D eigenvalue weighted by atomic mass is 9.95. The Labute approximate surface area is 216 Å². The summed E-state index contributed by atoms with van der Waals surface area (Å²) in [6.07, 6.45) is 0. The van der Waals surface area contributed by atoms with Gasteiger partial charge in [-0.05, 0) is 51.6 Å². The second-order valence-electron chi connectivity index (χ2n) is 9.09. The Morgan fingerprint density at radius 3 is 1.71 bits per heavy atom. The van der Waals surface area contributed by atoms with E-state index < -0.39 is 28.7 Å². The molecule has 0 atom stereocenters. The molecule has 6 aromatic rings. The summed E-state index contributed by atoms with van der Waals surface area (Å²) in [5, 5.41) is 51.9. The van der Waals surface area contributed by atoms with Crippen LogP contribution >= 0.6 is 0 Å². The van der Waals surface area contributed by atoms with Gasteiger partial charge in [-0.1, -0.05) is 66.7 Å². The summed E-state index contributed by atoms with van der Waals surface area (Å²) >= 11 is 0. The molecule has 7 nitrogen and oxygen atoms in total. The molecule has 0 spiro atoms. The topological polar surface area (TPSA) is 140 Å². The van der Waals surface area contributed by atoms with E-state index >= 15 is 0 Å². The zero-order valence-electron chi connectivity index (χ0n) is 20.0. The van der Waals surface area contributed by atoms with Crippen LogP contribution < -0.4 is 5.73 Å². The fraction of sp³-hybridized carbons (Fsp3) is 0.0323. The molecule has 5 aromatic carbocycles. The first-order valence-electron chi connectivity index (χ1n) is 11.9. The third-order valence-electron chi connectivity index (χ3n) is 6.87. The highest BCUT2D eigenvalue weighted by Gasteiger charge is 2.24. The Kier molecular flexibility index (Phi) is 5.36. The third-order valence-corrected chi connectivity index (χ3v) is 6.87. The van der Waals surface area contributed by atoms with E-state index in [0.717, 1.165) is 49.8 Å². The number of aromatic hydroxyl groups is 5. The smallest absolute Gasteiger partial charge is 0.208 e. The summed E-state index contributed by atoms with van der Waals surface area (Å²) in [6.45, 7) is 0.451. The van der Waals surface area contributed by atoms with Crippen LogP contribution in [0.15, 0.2) is 89.3 Å². The molecule has 38 heavy (non-hydrogen) atoms. The van der Waals surface area contributed by atoms with Crippen molar-refractivity contribution in [1.82, 2.24) is 0 Å². The standard InChI is InChI=1S/C31H23NO6/c32-15-16-4-13-23-22(14-16)26-21(2-1-3-24(26)38-23)19-9-5-17(6-10-19)18-7-11-20(12-8-18)25-27(33)29(35)31(37)30(36)28(25)34/h1-14,33-37H,15,32H2. The number of benzene rings is 5. The molecule has 0 aliphatic carbocycles. The van der Waals surface area contributed by atoms with E-state index in [-0.39, 0.29) is 5.56 Å². The van der Waals surface area contributed by atoms with Crippen molar-refractivity contribution in [3.05, 3.63) is 90.5 Å². The van der Waals surface area contributed by atoms with Gasteiger partial charge in [0.15, 0.2) is 11.5 Å². The average molecular weight is 506 g/mol.